The summed E-state index contributed by atoms with van der Waals surface area (Å²) in [5.74, 6) is 6.92. The van der Waals surface area contributed by atoms with Gasteiger partial charge in [0.2, 0.25) is 9.84 Å². The van der Waals surface area contributed by atoms with Crippen molar-refractivity contribution in [2.45, 2.75) is 23.6 Å². The third kappa shape index (κ3) is 5.38. The fourth-order valence-electron chi connectivity index (χ4n) is 3.61. The quantitative estimate of drug-likeness (QED) is 0.290. The van der Waals surface area contributed by atoms with Gasteiger partial charge in [0.15, 0.2) is 0 Å². The number of sulfone groups is 1. The number of aryl methyl sites for hydroxylation is 2. The van der Waals surface area contributed by atoms with Crippen molar-refractivity contribution in [1.29, 1.82) is 0 Å². The third-order valence-corrected chi connectivity index (χ3v) is 6.98. The zero-order valence-electron chi connectivity index (χ0n) is 19.3. The Morgan fingerprint density at radius 2 is 1.20 bits per heavy atom. The number of terminal acetylenes is 2. The molecule has 4 nitrogen and oxygen atoms in total. The fourth-order valence-corrected chi connectivity index (χ4v) is 4.99. The Hall–Kier alpha value is -4.45. The van der Waals surface area contributed by atoms with E-state index >= 15 is 0 Å². The van der Waals surface area contributed by atoms with E-state index in [1.54, 1.807) is 48.5 Å². The Labute approximate surface area is 206 Å². The summed E-state index contributed by atoms with van der Waals surface area (Å²) < 4.78 is 38.8. The lowest BCUT2D eigenvalue weighted by atomic mass is 10.1. The number of hydrogen-bond acceptors (Lipinski definition) is 4. The molecule has 0 heterocycles. The Morgan fingerprint density at radius 1 is 0.657 bits per heavy atom. The van der Waals surface area contributed by atoms with Crippen LogP contribution >= 0.6 is 0 Å². The molecule has 0 amide bonds. The van der Waals surface area contributed by atoms with E-state index in [2.05, 4.69) is 11.8 Å². The topological polar surface area (TPSA) is 52.6 Å². The van der Waals surface area contributed by atoms with Crippen LogP contribution in [0, 0.1) is 38.5 Å². The molecule has 172 valence electrons. The maximum atomic E-state index is 13.5. The van der Waals surface area contributed by atoms with E-state index in [1.165, 1.54) is 18.2 Å². The second-order valence-corrected chi connectivity index (χ2v) is 9.90. The van der Waals surface area contributed by atoms with Crippen LogP contribution in [0.1, 0.15) is 22.3 Å². The van der Waals surface area contributed by atoms with Crippen molar-refractivity contribution in [3.05, 3.63) is 107 Å². The van der Waals surface area contributed by atoms with Crippen molar-refractivity contribution in [3.8, 4) is 47.7 Å². The first-order valence-corrected chi connectivity index (χ1v) is 12.2. The van der Waals surface area contributed by atoms with E-state index in [0.717, 1.165) is 11.1 Å². The van der Waals surface area contributed by atoms with Crippen molar-refractivity contribution in [2.24, 2.45) is 0 Å². The zero-order valence-corrected chi connectivity index (χ0v) is 20.1. The average Bonchev–Trinajstić information content (AvgIpc) is 2.84. The summed E-state index contributed by atoms with van der Waals surface area (Å²) in [6.07, 6.45) is 11.0. The fraction of sp³-hybridized carbons (Fsp3) is 0.0667. The van der Waals surface area contributed by atoms with Crippen molar-refractivity contribution in [1.82, 2.24) is 0 Å². The minimum Gasteiger partial charge on any atom is -0.457 e. The molecule has 35 heavy (non-hydrogen) atoms. The van der Waals surface area contributed by atoms with Gasteiger partial charge in [-0.05, 0) is 97.8 Å². The van der Waals surface area contributed by atoms with Gasteiger partial charge in [-0.3, -0.25) is 0 Å². The first kappa shape index (κ1) is 23.7. The van der Waals surface area contributed by atoms with Gasteiger partial charge in [0.05, 0.1) is 4.90 Å². The van der Waals surface area contributed by atoms with Crippen molar-refractivity contribution in [2.75, 3.05) is 0 Å². The highest BCUT2D eigenvalue weighted by atomic mass is 32.2. The van der Waals surface area contributed by atoms with Crippen LogP contribution in [0.5, 0.6) is 23.0 Å². The van der Waals surface area contributed by atoms with Crippen LogP contribution in [0.3, 0.4) is 0 Å². The molecule has 0 spiro atoms. The minimum absolute atomic E-state index is 0.0507. The van der Waals surface area contributed by atoms with Crippen LogP contribution in [-0.4, -0.2) is 8.42 Å². The van der Waals surface area contributed by atoms with Gasteiger partial charge in [-0.1, -0.05) is 24.0 Å². The summed E-state index contributed by atoms with van der Waals surface area (Å²) in [4.78, 5) is 0.165. The monoisotopic (exact) mass is 478 g/mol. The second kappa shape index (κ2) is 9.81. The number of rotatable bonds is 6. The van der Waals surface area contributed by atoms with E-state index in [0.29, 0.717) is 28.4 Å². The molecule has 0 radical (unpaired) electrons. The highest BCUT2D eigenvalue weighted by Crippen LogP contribution is 2.34. The smallest absolute Gasteiger partial charge is 0.210 e. The standard InChI is InChI=1S/C30H22O4S/c1-5-23-15-21(3)17-26(19-23)33-25-11-13-28(14-12-25)35(31,32)30-10-8-7-9-29(30)34-27-18-22(4)16-24(6-2)20-27/h1-2,7-20H,3-4H3. The van der Waals surface area contributed by atoms with Crippen LogP contribution in [0.15, 0.2) is 94.7 Å². The number of hydrogen-bond donors (Lipinski definition) is 0. The summed E-state index contributed by atoms with van der Waals surface area (Å²) in [7, 11) is -3.87. The van der Waals surface area contributed by atoms with Crippen molar-refractivity contribution >= 4 is 9.84 Å². The van der Waals surface area contributed by atoms with Crippen LogP contribution < -0.4 is 9.47 Å². The summed E-state index contributed by atoms with van der Waals surface area (Å²) in [6, 6.07) is 23.5. The predicted octanol–water partition coefficient (Wildman–Crippen LogP) is 6.68. The summed E-state index contributed by atoms with van der Waals surface area (Å²) in [5.41, 5.74) is 3.24. The van der Waals surface area contributed by atoms with Gasteiger partial charge >= 0.3 is 0 Å². The van der Waals surface area contributed by atoms with Crippen LogP contribution in [0.4, 0.5) is 0 Å². The maximum Gasteiger partial charge on any atom is 0.210 e. The molecule has 0 bridgehead atoms. The normalized spacial score (nSPS) is 10.7. The molecule has 0 aliphatic rings. The van der Waals surface area contributed by atoms with E-state index in [9.17, 15) is 8.42 Å². The van der Waals surface area contributed by atoms with Crippen LogP contribution in [0.25, 0.3) is 0 Å². The van der Waals surface area contributed by atoms with Crippen molar-refractivity contribution < 1.29 is 17.9 Å². The van der Waals surface area contributed by atoms with Crippen LogP contribution in [-0.2, 0) is 9.84 Å². The molecule has 0 saturated heterocycles. The average molecular weight is 479 g/mol. The molecule has 0 aliphatic carbocycles. The first-order chi connectivity index (χ1) is 16.8. The molecule has 0 N–H and O–H groups in total. The number of para-hydroxylation sites is 1. The van der Waals surface area contributed by atoms with Gasteiger partial charge in [-0.25, -0.2) is 8.42 Å². The first-order valence-electron chi connectivity index (χ1n) is 10.7. The second-order valence-electron chi connectivity index (χ2n) is 7.98. The van der Waals surface area contributed by atoms with E-state index in [1.807, 2.05) is 32.0 Å². The molecule has 4 rings (SSSR count). The Kier molecular flexibility index (Phi) is 6.64. The summed E-state index contributed by atoms with van der Waals surface area (Å²) in [5, 5.41) is 0. The highest BCUT2D eigenvalue weighted by molar-refractivity contribution is 7.91. The van der Waals surface area contributed by atoms with E-state index in [-0.39, 0.29) is 15.5 Å². The van der Waals surface area contributed by atoms with Crippen LogP contribution in [0.2, 0.25) is 0 Å². The highest BCUT2D eigenvalue weighted by Gasteiger charge is 2.22. The zero-order chi connectivity index (χ0) is 25.0. The van der Waals surface area contributed by atoms with Crippen molar-refractivity contribution in [3.63, 3.8) is 0 Å². The van der Waals surface area contributed by atoms with E-state index in [4.69, 9.17) is 22.3 Å². The van der Waals surface area contributed by atoms with Gasteiger partial charge in [-0.15, -0.1) is 12.8 Å². The SMILES string of the molecule is C#Cc1cc(C)cc(Oc2ccc(S(=O)(=O)c3ccccc3Oc3cc(C)cc(C#C)c3)cc2)c1. The van der Waals surface area contributed by atoms with Gasteiger partial charge in [0.25, 0.3) is 0 Å². The molecule has 0 fully saturated rings. The largest absolute Gasteiger partial charge is 0.457 e. The molecule has 0 atom stereocenters. The lowest BCUT2D eigenvalue weighted by Gasteiger charge is -2.13. The summed E-state index contributed by atoms with van der Waals surface area (Å²) in [6.45, 7) is 3.82. The molecule has 4 aromatic carbocycles. The van der Waals surface area contributed by atoms with Gasteiger partial charge < -0.3 is 9.47 Å². The van der Waals surface area contributed by atoms with Gasteiger partial charge in [0.1, 0.15) is 27.9 Å². The Balaban J connectivity index is 1.62. The molecule has 0 unspecified atom stereocenters. The van der Waals surface area contributed by atoms with Gasteiger partial charge in [-0.2, -0.15) is 0 Å². The maximum absolute atomic E-state index is 13.5. The van der Waals surface area contributed by atoms with E-state index < -0.39 is 9.84 Å². The number of ether oxygens (including phenoxy) is 2. The molecule has 0 saturated carbocycles. The molecular weight excluding hydrogens is 456 g/mol. The third-order valence-electron chi connectivity index (χ3n) is 5.17. The van der Waals surface area contributed by atoms with Gasteiger partial charge in [0, 0.05) is 11.1 Å². The minimum atomic E-state index is -3.87. The molecular formula is C30H22O4S. The number of benzene rings is 4. The molecule has 5 heteroatoms. The molecule has 0 aliphatic heterocycles. The molecule has 0 aromatic heterocycles. The molecule has 4 aromatic rings. The summed E-state index contributed by atoms with van der Waals surface area (Å²) >= 11 is 0. The lowest BCUT2D eigenvalue weighted by Crippen LogP contribution is -2.04. The Bertz CT molecular complexity index is 1590. The predicted molar refractivity (Wildman–Crippen MR) is 137 cm³/mol. The lowest BCUT2D eigenvalue weighted by molar-refractivity contribution is 0.467. The Morgan fingerprint density at radius 3 is 1.77 bits per heavy atom.